The molecule has 0 heterocycles. The van der Waals surface area contributed by atoms with Gasteiger partial charge in [-0.3, -0.25) is 9.59 Å². The van der Waals surface area contributed by atoms with Gasteiger partial charge in [0.05, 0.1) is 5.38 Å². The highest BCUT2D eigenvalue weighted by molar-refractivity contribution is 8.02. The van der Waals surface area contributed by atoms with Crippen molar-refractivity contribution in [2.45, 2.75) is 74.7 Å². The topological polar surface area (TPSA) is 54.4 Å². The molecule has 1 aromatic rings. The van der Waals surface area contributed by atoms with Gasteiger partial charge in [-0.05, 0) is 105 Å². The summed E-state index contributed by atoms with van der Waals surface area (Å²) >= 11 is 8.00. The van der Waals surface area contributed by atoms with Gasteiger partial charge in [0.25, 0.3) is 0 Å². The van der Waals surface area contributed by atoms with E-state index in [0.717, 1.165) is 55.4 Å². The van der Waals surface area contributed by atoms with Gasteiger partial charge in [-0.15, -0.1) is 11.6 Å². The zero-order valence-corrected chi connectivity index (χ0v) is 21.0. The van der Waals surface area contributed by atoms with E-state index in [9.17, 15) is 14.7 Å². The molecule has 0 radical (unpaired) electrons. The number of hydrogen-bond donors (Lipinski definition) is 1. The van der Waals surface area contributed by atoms with Crippen LogP contribution in [0.1, 0.15) is 58.8 Å². The minimum Gasteiger partial charge on any atom is -0.377 e. The summed E-state index contributed by atoms with van der Waals surface area (Å²) in [4.78, 5) is 26.4. The molecule has 1 N–H and O–H groups in total. The predicted octanol–water partition coefficient (Wildman–Crippen LogP) is 6.34. The molecule has 1 unspecified atom stereocenters. The molecule has 1 aromatic carbocycles. The number of fused-ring (bicyclic) bond motifs is 5. The number of Topliss-reactive ketones (excluding diaryl/α,β-unsaturated/α-hetero) is 1. The van der Waals surface area contributed by atoms with E-state index in [1.807, 2.05) is 24.3 Å². The Bertz CT molecular complexity index is 1020. The second kappa shape index (κ2) is 8.70. The van der Waals surface area contributed by atoms with Gasteiger partial charge in [0.1, 0.15) is 5.60 Å². The van der Waals surface area contributed by atoms with Crippen LogP contribution in [0.15, 0.2) is 57.9 Å². The maximum Gasteiger partial charge on any atom is 0.173 e. The second-order valence-corrected chi connectivity index (χ2v) is 12.0. The summed E-state index contributed by atoms with van der Waals surface area (Å²) in [5, 5.41) is 13.8. The fourth-order valence-electron chi connectivity index (χ4n) is 7.90. The van der Waals surface area contributed by atoms with Crippen LogP contribution >= 0.6 is 23.4 Å². The van der Waals surface area contributed by atoms with Crippen LogP contribution in [-0.4, -0.2) is 27.7 Å². The van der Waals surface area contributed by atoms with Gasteiger partial charge < -0.3 is 5.11 Å². The Balaban J connectivity index is 1.51. The first-order valence-corrected chi connectivity index (χ1v) is 13.7. The van der Waals surface area contributed by atoms with E-state index in [4.69, 9.17) is 11.6 Å². The normalized spacial score (nSPS) is 41.2. The Labute approximate surface area is 206 Å². The molecule has 0 aliphatic heterocycles. The summed E-state index contributed by atoms with van der Waals surface area (Å²) < 4.78 is 0. The Hall–Kier alpha value is -1.36. The molecule has 3 saturated carbocycles. The third kappa shape index (κ3) is 3.51. The maximum absolute atomic E-state index is 13.1. The number of carbonyl (C=O) groups excluding carboxylic acids is 2. The van der Waals surface area contributed by atoms with Crippen LogP contribution in [0.3, 0.4) is 0 Å². The Morgan fingerprint density at radius 1 is 1.24 bits per heavy atom. The lowest BCUT2D eigenvalue weighted by atomic mass is 9.49. The number of alkyl halides is 1. The number of rotatable bonds is 4. The molecule has 0 amide bonds. The van der Waals surface area contributed by atoms with Crippen LogP contribution in [0.2, 0.25) is 0 Å². The molecule has 5 rings (SSSR count). The largest absolute Gasteiger partial charge is 0.377 e. The third-order valence-corrected chi connectivity index (χ3v) is 10.7. The number of ketones is 2. The Morgan fingerprint density at radius 3 is 2.70 bits per heavy atom. The molecule has 0 spiro atoms. The fraction of sp³-hybridized carbons (Fsp3) is 0.571. The standard InChI is InChI=1S/C28H33ClO3S/c1-3-27-12-11-21-22(10-9-18-13-26(31)25(29)15-23(18)21)24(27)14-19(28(27,32)17(2)30)16-33-20-7-5-4-6-8-20/h4-8,13,16,21-25,32H,3,9-12,14-15H2,1-2H3/t21-,22+,23-,24-,25?,27-,28-/m0/s1. The molecule has 7 atom stereocenters. The molecule has 4 aliphatic carbocycles. The van der Waals surface area contributed by atoms with Gasteiger partial charge >= 0.3 is 0 Å². The maximum atomic E-state index is 13.1. The van der Waals surface area contributed by atoms with E-state index in [0.29, 0.717) is 17.8 Å². The number of aliphatic hydroxyl groups is 1. The predicted molar refractivity (Wildman–Crippen MR) is 133 cm³/mol. The average Bonchev–Trinajstić information content (AvgIpc) is 3.09. The first-order valence-electron chi connectivity index (χ1n) is 12.3. The molecule has 3 fully saturated rings. The molecule has 176 valence electrons. The molecule has 5 heteroatoms. The quantitative estimate of drug-likeness (QED) is 0.400. The van der Waals surface area contributed by atoms with Crippen molar-refractivity contribution in [2.75, 3.05) is 0 Å². The molecule has 0 saturated heterocycles. The van der Waals surface area contributed by atoms with E-state index in [1.54, 1.807) is 18.7 Å². The Kier molecular flexibility index (Phi) is 6.16. The molecule has 0 bridgehead atoms. The third-order valence-electron chi connectivity index (χ3n) is 9.40. The van der Waals surface area contributed by atoms with Crippen LogP contribution in [-0.2, 0) is 9.59 Å². The van der Waals surface area contributed by atoms with Crippen LogP contribution in [0.4, 0.5) is 0 Å². The van der Waals surface area contributed by atoms with Crippen molar-refractivity contribution in [3.05, 3.63) is 53.0 Å². The fourth-order valence-corrected chi connectivity index (χ4v) is 9.02. The van der Waals surface area contributed by atoms with Crippen molar-refractivity contribution in [3.63, 3.8) is 0 Å². The van der Waals surface area contributed by atoms with E-state index in [1.165, 1.54) is 5.57 Å². The van der Waals surface area contributed by atoms with Crippen molar-refractivity contribution in [1.29, 1.82) is 0 Å². The van der Waals surface area contributed by atoms with E-state index in [2.05, 4.69) is 24.5 Å². The van der Waals surface area contributed by atoms with Gasteiger partial charge in [0.15, 0.2) is 11.6 Å². The van der Waals surface area contributed by atoms with E-state index in [-0.39, 0.29) is 17.5 Å². The highest BCUT2D eigenvalue weighted by atomic mass is 35.5. The van der Waals surface area contributed by atoms with Crippen LogP contribution in [0.25, 0.3) is 0 Å². The molecular weight excluding hydrogens is 452 g/mol. The number of allylic oxidation sites excluding steroid dienone is 1. The van der Waals surface area contributed by atoms with Crippen molar-refractivity contribution in [3.8, 4) is 0 Å². The van der Waals surface area contributed by atoms with Gasteiger partial charge in [-0.1, -0.05) is 42.5 Å². The molecular formula is C28H33ClO3S. The summed E-state index contributed by atoms with van der Waals surface area (Å²) in [5.74, 6) is 1.54. The van der Waals surface area contributed by atoms with Gasteiger partial charge in [0, 0.05) is 10.3 Å². The summed E-state index contributed by atoms with van der Waals surface area (Å²) in [6, 6.07) is 10.1. The van der Waals surface area contributed by atoms with Crippen molar-refractivity contribution in [1.82, 2.24) is 0 Å². The Morgan fingerprint density at radius 2 is 2.00 bits per heavy atom. The van der Waals surface area contributed by atoms with Gasteiger partial charge in [0.2, 0.25) is 0 Å². The molecule has 0 aromatic heterocycles. The number of hydrogen-bond acceptors (Lipinski definition) is 4. The number of halogens is 1. The van der Waals surface area contributed by atoms with Crippen molar-refractivity contribution in [2.24, 2.45) is 29.1 Å². The first-order chi connectivity index (χ1) is 15.8. The SMILES string of the molecule is CC[C@]12CC[C@H]3[C@@H](CCC4=CC(=O)C(Cl)C[C@@H]43)[C@@H]1CC(=CSc1ccccc1)[C@@]2(O)C(C)=O. The van der Waals surface area contributed by atoms with Crippen molar-refractivity contribution < 1.29 is 14.7 Å². The van der Waals surface area contributed by atoms with Crippen LogP contribution in [0.5, 0.6) is 0 Å². The number of thioether (sulfide) groups is 1. The smallest absolute Gasteiger partial charge is 0.173 e. The molecule has 3 nitrogen and oxygen atoms in total. The van der Waals surface area contributed by atoms with E-state index < -0.39 is 16.4 Å². The minimum absolute atomic E-state index is 0.0649. The van der Waals surface area contributed by atoms with Crippen LogP contribution in [0, 0.1) is 29.1 Å². The monoisotopic (exact) mass is 484 g/mol. The second-order valence-electron chi connectivity index (χ2n) is 10.5. The highest BCUT2D eigenvalue weighted by Gasteiger charge is 2.67. The lowest BCUT2D eigenvalue weighted by Gasteiger charge is -2.56. The highest BCUT2D eigenvalue weighted by Crippen LogP contribution is 2.68. The summed E-state index contributed by atoms with van der Waals surface area (Å²) in [6.07, 6.45) is 7.95. The summed E-state index contributed by atoms with van der Waals surface area (Å²) in [6.45, 7) is 3.72. The van der Waals surface area contributed by atoms with Gasteiger partial charge in [-0.25, -0.2) is 0 Å². The molecule has 4 aliphatic rings. The minimum atomic E-state index is -1.40. The first kappa shape index (κ1) is 23.4. The van der Waals surface area contributed by atoms with Gasteiger partial charge in [-0.2, -0.15) is 0 Å². The average molecular weight is 485 g/mol. The van der Waals surface area contributed by atoms with Crippen molar-refractivity contribution >= 4 is 34.9 Å². The van der Waals surface area contributed by atoms with Crippen LogP contribution < -0.4 is 0 Å². The summed E-state index contributed by atoms with van der Waals surface area (Å²) in [7, 11) is 0. The zero-order valence-electron chi connectivity index (χ0n) is 19.4. The van der Waals surface area contributed by atoms with E-state index >= 15 is 0 Å². The molecule has 33 heavy (non-hydrogen) atoms. The lowest BCUT2D eigenvalue weighted by molar-refractivity contribution is -0.156. The zero-order chi connectivity index (χ0) is 23.4. The number of carbonyl (C=O) groups is 2. The number of benzene rings is 1. The summed E-state index contributed by atoms with van der Waals surface area (Å²) in [5.41, 5.74) is 0.381. The lowest BCUT2D eigenvalue weighted by Crippen LogP contribution is -2.57.